The molecular weight excluding hydrogens is 396 g/mol. The fraction of sp³-hybridized carbons (Fsp3) is 0.391. The zero-order valence-corrected chi connectivity index (χ0v) is 17.7. The Bertz CT molecular complexity index is 1120. The molecule has 162 valence electrons. The summed E-state index contributed by atoms with van der Waals surface area (Å²) < 4.78 is 6.85. The number of fused-ring (bicyclic) bond motifs is 1. The monoisotopic (exact) mass is 422 g/mol. The first-order chi connectivity index (χ1) is 15.0. The van der Waals surface area contributed by atoms with Gasteiger partial charge in [0.15, 0.2) is 0 Å². The van der Waals surface area contributed by atoms with Crippen molar-refractivity contribution in [3.8, 4) is 0 Å². The van der Waals surface area contributed by atoms with Gasteiger partial charge >= 0.3 is 5.97 Å². The molecule has 8 nitrogen and oxygen atoms in total. The molecule has 0 bridgehead atoms. The number of aryl methyl sites for hydroxylation is 1. The molecule has 1 aliphatic carbocycles. The maximum Gasteiger partial charge on any atom is 0.340 e. The zero-order chi connectivity index (χ0) is 22.0. The number of rotatable bonds is 5. The summed E-state index contributed by atoms with van der Waals surface area (Å²) in [5.41, 5.74) is 2.26. The molecule has 2 heterocycles. The van der Waals surface area contributed by atoms with E-state index in [1.165, 1.54) is 7.11 Å². The quantitative estimate of drug-likeness (QED) is 0.610. The van der Waals surface area contributed by atoms with Crippen LogP contribution in [0.5, 0.6) is 0 Å². The second kappa shape index (κ2) is 8.85. The lowest BCUT2D eigenvalue weighted by atomic mass is 9.87. The topological polar surface area (TPSA) is 106 Å². The van der Waals surface area contributed by atoms with Crippen LogP contribution in [-0.4, -0.2) is 45.5 Å². The molecule has 1 aromatic carbocycles. The number of nitrogens with zero attached hydrogens (tertiary/aromatic N) is 3. The van der Waals surface area contributed by atoms with Gasteiger partial charge in [0, 0.05) is 23.9 Å². The first kappa shape index (κ1) is 21.0. The number of hydrogen-bond donors (Lipinski definition) is 2. The van der Waals surface area contributed by atoms with Crippen LogP contribution in [-0.2, 0) is 4.74 Å². The molecule has 4 rings (SSSR count). The smallest absolute Gasteiger partial charge is 0.340 e. The van der Waals surface area contributed by atoms with E-state index in [0.29, 0.717) is 17.1 Å². The van der Waals surface area contributed by atoms with Crippen LogP contribution in [0.3, 0.4) is 0 Å². The highest BCUT2D eigenvalue weighted by Gasteiger charge is 2.24. The van der Waals surface area contributed by atoms with Crippen molar-refractivity contribution in [2.24, 2.45) is 5.92 Å². The molecule has 1 amide bonds. The summed E-state index contributed by atoms with van der Waals surface area (Å²) >= 11 is 0. The lowest BCUT2D eigenvalue weighted by Gasteiger charge is -2.27. The summed E-state index contributed by atoms with van der Waals surface area (Å²) in [7, 11) is 1.30. The second-order valence-corrected chi connectivity index (χ2v) is 8.03. The number of carbonyl (C=O) groups excluding carboxylic acids is 2. The molecular formula is C23H26N4O4. The van der Waals surface area contributed by atoms with Gasteiger partial charge < -0.3 is 15.2 Å². The minimum atomic E-state index is -0.549. The number of methoxy groups -OCH3 is 1. The van der Waals surface area contributed by atoms with Crippen LogP contribution in [0.1, 0.15) is 58.3 Å². The van der Waals surface area contributed by atoms with Gasteiger partial charge in [0.25, 0.3) is 5.91 Å². The molecule has 3 aromatic rings. The Morgan fingerprint density at radius 2 is 2.00 bits per heavy atom. The summed E-state index contributed by atoms with van der Waals surface area (Å²) in [5.74, 6) is -0.584. The van der Waals surface area contributed by atoms with E-state index in [4.69, 9.17) is 4.74 Å². The second-order valence-electron chi connectivity index (χ2n) is 8.03. The van der Waals surface area contributed by atoms with Gasteiger partial charge in [-0.05, 0) is 62.8 Å². The average Bonchev–Trinajstić information content (AvgIpc) is 3.21. The molecule has 31 heavy (non-hydrogen) atoms. The lowest BCUT2D eigenvalue weighted by Crippen LogP contribution is -2.20. The fourth-order valence-corrected chi connectivity index (χ4v) is 4.11. The van der Waals surface area contributed by atoms with E-state index in [2.05, 4.69) is 15.4 Å². The molecule has 0 unspecified atom stereocenters. The Balaban J connectivity index is 1.65. The Morgan fingerprint density at radius 3 is 2.68 bits per heavy atom. The highest BCUT2D eigenvalue weighted by molar-refractivity contribution is 6.09. The van der Waals surface area contributed by atoms with Crippen molar-refractivity contribution in [1.82, 2.24) is 14.8 Å². The van der Waals surface area contributed by atoms with Gasteiger partial charge in [0.05, 0.1) is 29.9 Å². The minimum absolute atomic E-state index is 0.231. The number of ether oxygens (including phenoxy) is 1. The van der Waals surface area contributed by atoms with Crippen LogP contribution in [0, 0.1) is 12.8 Å². The van der Waals surface area contributed by atoms with Crippen molar-refractivity contribution in [3.63, 3.8) is 0 Å². The number of hydrogen-bond acceptors (Lipinski definition) is 6. The summed E-state index contributed by atoms with van der Waals surface area (Å²) in [5, 5.41) is 17.7. The van der Waals surface area contributed by atoms with Gasteiger partial charge in [-0.2, -0.15) is 5.10 Å². The minimum Gasteiger partial charge on any atom is -0.465 e. The van der Waals surface area contributed by atoms with E-state index in [0.717, 1.165) is 36.8 Å². The Kier molecular flexibility index (Phi) is 5.99. The highest BCUT2D eigenvalue weighted by atomic mass is 16.5. The van der Waals surface area contributed by atoms with Crippen molar-refractivity contribution in [1.29, 1.82) is 0 Å². The first-order valence-electron chi connectivity index (χ1n) is 10.5. The number of aromatic nitrogens is 3. The van der Waals surface area contributed by atoms with Crippen molar-refractivity contribution >= 4 is 28.5 Å². The number of nitrogens with one attached hydrogen (secondary N) is 1. The Morgan fingerprint density at radius 1 is 1.23 bits per heavy atom. The van der Waals surface area contributed by atoms with E-state index in [-0.39, 0.29) is 23.9 Å². The van der Waals surface area contributed by atoms with Gasteiger partial charge in [-0.25, -0.2) is 9.78 Å². The molecule has 0 aliphatic heterocycles. The molecule has 8 heteroatoms. The molecule has 0 spiro atoms. The Labute approximate surface area is 180 Å². The zero-order valence-electron chi connectivity index (χ0n) is 17.7. The summed E-state index contributed by atoms with van der Waals surface area (Å²) in [6.07, 6.45) is 5.78. The van der Waals surface area contributed by atoms with Crippen LogP contribution in [0.15, 0.2) is 36.5 Å². The van der Waals surface area contributed by atoms with Gasteiger partial charge in [-0.1, -0.05) is 6.07 Å². The van der Waals surface area contributed by atoms with Gasteiger partial charge in [-0.15, -0.1) is 0 Å². The van der Waals surface area contributed by atoms with Gasteiger partial charge in [0.2, 0.25) is 0 Å². The van der Waals surface area contributed by atoms with Crippen LogP contribution in [0.4, 0.5) is 5.69 Å². The standard InChI is InChI=1S/C23H26N4O4/c1-14-4-3-5-19(24-14)22(29)25-21-10-16-12-27(17-8-6-15(13-28)7-9-17)26-20(16)11-18(21)23(30)31-2/h3-5,10-12,15,17,28H,6-9,13H2,1-2H3,(H,25,29)/t15-,17-. The Hall–Kier alpha value is -3.26. The van der Waals surface area contributed by atoms with E-state index in [1.807, 2.05) is 23.9 Å². The molecule has 0 saturated heterocycles. The van der Waals surface area contributed by atoms with Crippen molar-refractivity contribution in [2.45, 2.75) is 38.6 Å². The molecule has 0 radical (unpaired) electrons. The molecule has 1 saturated carbocycles. The van der Waals surface area contributed by atoms with Crippen LogP contribution < -0.4 is 5.32 Å². The number of aliphatic hydroxyl groups is 1. The van der Waals surface area contributed by atoms with E-state index >= 15 is 0 Å². The maximum atomic E-state index is 12.7. The lowest BCUT2D eigenvalue weighted by molar-refractivity contribution is 0.0602. The summed E-state index contributed by atoms with van der Waals surface area (Å²) in [6, 6.07) is 8.85. The van der Waals surface area contributed by atoms with Crippen LogP contribution >= 0.6 is 0 Å². The normalized spacial score (nSPS) is 18.7. The number of anilines is 1. The molecule has 2 N–H and O–H groups in total. The van der Waals surface area contributed by atoms with Crippen LogP contribution in [0.25, 0.3) is 10.9 Å². The number of pyridine rings is 1. The number of carbonyl (C=O) groups is 2. The van der Waals surface area contributed by atoms with E-state index in [9.17, 15) is 14.7 Å². The van der Waals surface area contributed by atoms with Gasteiger partial charge in [-0.3, -0.25) is 9.48 Å². The fourth-order valence-electron chi connectivity index (χ4n) is 4.11. The first-order valence-corrected chi connectivity index (χ1v) is 10.5. The van der Waals surface area contributed by atoms with Gasteiger partial charge in [0.1, 0.15) is 5.69 Å². The number of esters is 1. The predicted molar refractivity (Wildman–Crippen MR) is 116 cm³/mol. The van der Waals surface area contributed by atoms with Crippen LogP contribution in [0.2, 0.25) is 0 Å². The molecule has 1 fully saturated rings. The number of amides is 1. The molecule has 0 atom stereocenters. The van der Waals surface area contributed by atoms with Crippen molar-refractivity contribution < 1.29 is 19.4 Å². The van der Waals surface area contributed by atoms with E-state index < -0.39 is 11.9 Å². The number of benzene rings is 1. The maximum absolute atomic E-state index is 12.7. The van der Waals surface area contributed by atoms with Crippen molar-refractivity contribution in [3.05, 3.63) is 53.5 Å². The summed E-state index contributed by atoms with van der Waals surface area (Å²) in [6.45, 7) is 2.04. The SMILES string of the molecule is COC(=O)c1cc2nn([C@H]3CC[C@H](CO)CC3)cc2cc1NC(=O)c1cccc(C)n1. The third kappa shape index (κ3) is 4.44. The third-order valence-corrected chi connectivity index (χ3v) is 5.88. The number of aliphatic hydroxyl groups excluding tert-OH is 1. The molecule has 1 aliphatic rings. The molecule has 2 aromatic heterocycles. The van der Waals surface area contributed by atoms with Crippen molar-refractivity contribution in [2.75, 3.05) is 19.0 Å². The average molecular weight is 422 g/mol. The predicted octanol–water partition coefficient (Wildman–Crippen LogP) is 3.50. The largest absolute Gasteiger partial charge is 0.465 e. The third-order valence-electron chi connectivity index (χ3n) is 5.88. The highest BCUT2D eigenvalue weighted by Crippen LogP contribution is 2.33. The summed E-state index contributed by atoms with van der Waals surface area (Å²) in [4.78, 5) is 29.3. The van der Waals surface area contributed by atoms with E-state index in [1.54, 1.807) is 24.3 Å².